The van der Waals surface area contributed by atoms with E-state index < -0.39 is 7.25 Å². The Hall–Kier alpha value is -1.79. The summed E-state index contributed by atoms with van der Waals surface area (Å²) in [5.74, 6) is 3.00. The zero-order valence-electron chi connectivity index (χ0n) is 19.0. The van der Waals surface area contributed by atoms with Crippen LogP contribution < -0.4 is 4.57 Å². The van der Waals surface area contributed by atoms with Crippen LogP contribution in [-0.2, 0) is 12.1 Å². The lowest BCUT2D eigenvalue weighted by atomic mass is 9.53. The summed E-state index contributed by atoms with van der Waals surface area (Å²) in [5.41, 5.74) is 7.71. The van der Waals surface area contributed by atoms with Crippen LogP contribution in [0.3, 0.4) is 0 Å². The minimum absolute atomic E-state index is 0.437. The number of aryl methyl sites for hydroxylation is 2. The van der Waals surface area contributed by atoms with Crippen molar-refractivity contribution >= 4 is 7.25 Å². The maximum atomic E-state index is 9.75. The van der Waals surface area contributed by atoms with Crippen molar-refractivity contribution in [2.24, 2.45) is 17.8 Å². The van der Waals surface area contributed by atoms with Gasteiger partial charge in [-0.2, -0.15) is 0 Å². The van der Waals surface area contributed by atoms with Gasteiger partial charge in [0.05, 0.1) is 0 Å². The predicted molar refractivity (Wildman–Crippen MR) is 115 cm³/mol. The van der Waals surface area contributed by atoms with Gasteiger partial charge in [0, 0.05) is 0 Å². The molecule has 0 amide bonds. The Morgan fingerprint density at radius 2 is 1.35 bits per heavy atom. The molecule has 4 fully saturated rings. The van der Waals surface area contributed by atoms with E-state index >= 15 is 0 Å². The molecule has 0 aliphatic heterocycles. The third-order valence-corrected chi connectivity index (χ3v) is 8.11. The first-order valence-electron chi connectivity index (χ1n) is 11.4. The molecule has 0 atom stereocenters. The minimum atomic E-state index is -6.00. The summed E-state index contributed by atoms with van der Waals surface area (Å²) in [5, 5.41) is 0. The number of imidazole rings is 1. The summed E-state index contributed by atoms with van der Waals surface area (Å²) < 4.78 is 44.0. The number of hydrogen-bond donors (Lipinski definition) is 0. The van der Waals surface area contributed by atoms with Crippen molar-refractivity contribution < 1.29 is 21.8 Å². The Kier molecular flexibility index (Phi) is 5.76. The van der Waals surface area contributed by atoms with Crippen LogP contribution in [0.1, 0.15) is 66.3 Å². The summed E-state index contributed by atoms with van der Waals surface area (Å²) in [4.78, 5) is 0. The molecular weight excluding hydrogens is 403 g/mol. The Morgan fingerprint density at radius 3 is 1.81 bits per heavy atom. The number of nitrogens with zero attached hydrogens (tertiary/aromatic N) is 2. The van der Waals surface area contributed by atoms with Crippen LogP contribution in [0.2, 0.25) is 0 Å². The van der Waals surface area contributed by atoms with Crippen LogP contribution in [-0.4, -0.2) is 11.8 Å². The minimum Gasteiger partial charge on any atom is -0.418 e. The van der Waals surface area contributed by atoms with Gasteiger partial charge < -0.3 is 17.3 Å². The van der Waals surface area contributed by atoms with Crippen molar-refractivity contribution in [2.45, 2.75) is 78.3 Å². The molecule has 4 saturated carbocycles. The molecule has 2 aromatic rings. The highest BCUT2D eigenvalue weighted by Crippen LogP contribution is 2.58. The molecule has 1 aromatic heterocycles. The molecule has 4 aliphatic carbocycles. The first kappa shape index (κ1) is 22.4. The molecule has 0 spiro atoms. The standard InChI is InChI=1S/C24H33N2.BF4/c1-16-7-17(2)19(4)23(18(16)3)14-25-5-6-26(15-25)24-11-20-8-21(12-24)10-22(9-20)13-24;2-1(3,4)5/h5-7,15,20-22H,8-14H2,1-4H3;/q+1;-1. The molecule has 31 heavy (non-hydrogen) atoms. The van der Waals surface area contributed by atoms with Crippen LogP contribution in [0.15, 0.2) is 24.8 Å². The van der Waals surface area contributed by atoms with Gasteiger partial charge in [-0.3, -0.25) is 0 Å². The molecule has 2 nitrogen and oxygen atoms in total. The van der Waals surface area contributed by atoms with Gasteiger partial charge in [0.1, 0.15) is 24.5 Å². The predicted octanol–water partition coefficient (Wildman–Crippen LogP) is 6.28. The van der Waals surface area contributed by atoms with Crippen LogP contribution in [0.4, 0.5) is 17.3 Å². The van der Waals surface area contributed by atoms with Crippen molar-refractivity contribution in [2.75, 3.05) is 0 Å². The topological polar surface area (TPSA) is 8.81 Å². The van der Waals surface area contributed by atoms with Gasteiger partial charge in [0.2, 0.25) is 6.33 Å². The molecular formula is C24H33BF4N2. The van der Waals surface area contributed by atoms with Crippen molar-refractivity contribution in [3.8, 4) is 0 Å². The molecule has 0 radical (unpaired) electrons. The second-order valence-electron chi connectivity index (χ2n) is 10.4. The van der Waals surface area contributed by atoms with Gasteiger partial charge in [0.15, 0.2) is 0 Å². The summed E-state index contributed by atoms with van der Waals surface area (Å²) in [7, 11) is -6.00. The highest BCUT2D eigenvalue weighted by atomic mass is 19.5. The lowest BCUT2D eigenvalue weighted by molar-refractivity contribution is -0.688. The SMILES string of the molecule is Cc1cc(C)c(C)c(C[n+]2ccn(C34CC5CC(CC(C5)C3)C4)c2)c1C.F[B-](F)(F)F. The zero-order chi connectivity index (χ0) is 22.6. The number of rotatable bonds is 3. The summed E-state index contributed by atoms with van der Waals surface area (Å²) >= 11 is 0. The quantitative estimate of drug-likeness (QED) is 0.304. The number of hydrogen-bond acceptors (Lipinski definition) is 0. The molecule has 7 heteroatoms. The van der Waals surface area contributed by atoms with E-state index in [4.69, 9.17) is 0 Å². The average molecular weight is 436 g/mol. The smallest absolute Gasteiger partial charge is 0.418 e. The van der Waals surface area contributed by atoms with E-state index in [2.05, 4.69) is 61.6 Å². The second-order valence-corrected chi connectivity index (χ2v) is 10.4. The first-order valence-corrected chi connectivity index (χ1v) is 11.4. The molecule has 6 rings (SSSR count). The van der Waals surface area contributed by atoms with Crippen LogP contribution in [0.25, 0.3) is 0 Å². The van der Waals surface area contributed by atoms with E-state index in [0.29, 0.717) is 5.54 Å². The monoisotopic (exact) mass is 436 g/mol. The van der Waals surface area contributed by atoms with Crippen LogP contribution in [0, 0.1) is 45.4 Å². The van der Waals surface area contributed by atoms with Crippen LogP contribution >= 0.6 is 0 Å². The van der Waals surface area contributed by atoms with E-state index in [1.807, 2.05) is 0 Å². The number of aromatic nitrogens is 2. The van der Waals surface area contributed by atoms with Crippen LogP contribution in [0.5, 0.6) is 0 Å². The van der Waals surface area contributed by atoms with Gasteiger partial charge in [-0.15, -0.1) is 0 Å². The van der Waals surface area contributed by atoms with Crippen molar-refractivity contribution in [3.63, 3.8) is 0 Å². The van der Waals surface area contributed by atoms with Gasteiger partial charge in [-0.25, -0.2) is 9.13 Å². The van der Waals surface area contributed by atoms with Crippen molar-refractivity contribution in [1.82, 2.24) is 4.57 Å². The fourth-order valence-corrected chi connectivity index (χ4v) is 6.87. The lowest BCUT2D eigenvalue weighted by Crippen LogP contribution is -2.52. The van der Waals surface area contributed by atoms with E-state index in [-0.39, 0.29) is 0 Å². The number of benzene rings is 1. The highest BCUT2D eigenvalue weighted by Gasteiger charge is 2.54. The molecule has 4 aliphatic rings. The van der Waals surface area contributed by atoms with Crippen molar-refractivity contribution in [1.29, 1.82) is 0 Å². The maximum Gasteiger partial charge on any atom is 0.673 e. The molecule has 0 unspecified atom stereocenters. The Bertz CT molecular complexity index is 896. The normalized spacial score (nSPS) is 29.1. The summed E-state index contributed by atoms with van der Waals surface area (Å²) in [6, 6.07) is 2.33. The molecule has 0 N–H and O–H groups in total. The zero-order valence-corrected chi connectivity index (χ0v) is 19.0. The highest BCUT2D eigenvalue weighted by molar-refractivity contribution is 6.50. The molecule has 0 saturated heterocycles. The lowest BCUT2D eigenvalue weighted by Gasteiger charge is -2.54. The van der Waals surface area contributed by atoms with Gasteiger partial charge in [-0.05, 0) is 112 Å². The maximum absolute atomic E-state index is 9.75. The Balaban J connectivity index is 0.000000418. The molecule has 1 aromatic carbocycles. The van der Waals surface area contributed by atoms with Crippen molar-refractivity contribution in [3.05, 3.63) is 52.6 Å². The fourth-order valence-electron chi connectivity index (χ4n) is 6.87. The largest absolute Gasteiger partial charge is 0.673 e. The molecule has 4 bridgehead atoms. The van der Waals surface area contributed by atoms with Gasteiger partial charge >= 0.3 is 7.25 Å². The van der Waals surface area contributed by atoms with Gasteiger partial charge in [-0.1, -0.05) is 6.07 Å². The van der Waals surface area contributed by atoms with Gasteiger partial charge in [0.25, 0.3) is 0 Å². The van der Waals surface area contributed by atoms with E-state index in [1.54, 1.807) is 0 Å². The summed E-state index contributed by atoms with van der Waals surface area (Å²) in [6.07, 6.45) is 15.9. The average Bonchev–Trinajstić information content (AvgIpc) is 3.11. The summed E-state index contributed by atoms with van der Waals surface area (Å²) in [6.45, 7) is 10.1. The number of halogens is 4. The Labute approximate surface area is 182 Å². The first-order chi connectivity index (χ1) is 14.4. The molecule has 1 heterocycles. The van der Waals surface area contributed by atoms with E-state index in [9.17, 15) is 17.3 Å². The third kappa shape index (κ3) is 4.70. The van der Waals surface area contributed by atoms with E-state index in [1.165, 1.54) is 66.3 Å². The third-order valence-electron chi connectivity index (χ3n) is 8.11. The fraction of sp³-hybridized carbons (Fsp3) is 0.625. The van der Waals surface area contributed by atoms with E-state index in [0.717, 1.165) is 24.3 Å². The molecule has 170 valence electrons. The Morgan fingerprint density at radius 1 is 0.903 bits per heavy atom. The second kappa shape index (κ2) is 7.97.